The van der Waals surface area contributed by atoms with E-state index in [0.29, 0.717) is 34.2 Å². The fraction of sp³-hybridized carbons (Fsp3) is 0.435. The number of ether oxygens (including phenoxy) is 2. The standard InChI is InChI=1S/C23H26N2O5/c1-15(2)29-19-10-8-18(9-11-19)28-14-17-12-20-22(13-21(17)25(26)27)30-23(24-20)16-6-4-3-5-7-16/h8-13,15-16H,3-7,14H2,1-2H3. The zero-order valence-corrected chi connectivity index (χ0v) is 17.3. The van der Waals surface area contributed by atoms with E-state index in [9.17, 15) is 10.1 Å². The quantitative estimate of drug-likeness (QED) is 0.343. The number of fused-ring (bicyclic) bond motifs is 1. The van der Waals surface area contributed by atoms with Gasteiger partial charge in [-0.15, -0.1) is 0 Å². The molecule has 1 saturated carbocycles. The van der Waals surface area contributed by atoms with Crippen LogP contribution in [0.3, 0.4) is 0 Å². The molecule has 0 N–H and O–H groups in total. The molecule has 2 aromatic carbocycles. The number of aromatic nitrogens is 1. The topological polar surface area (TPSA) is 87.6 Å². The zero-order chi connectivity index (χ0) is 21.1. The Kier molecular flexibility index (Phi) is 5.88. The number of benzene rings is 2. The second-order valence-corrected chi connectivity index (χ2v) is 8.02. The molecule has 0 unspecified atom stereocenters. The molecule has 1 heterocycles. The van der Waals surface area contributed by atoms with Crippen LogP contribution in [-0.2, 0) is 6.61 Å². The van der Waals surface area contributed by atoms with Gasteiger partial charge in [0.2, 0.25) is 0 Å². The van der Waals surface area contributed by atoms with E-state index in [1.54, 1.807) is 18.2 Å². The van der Waals surface area contributed by atoms with Crippen LogP contribution in [0.25, 0.3) is 11.1 Å². The van der Waals surface area contributed by atoms with E-state index in [1.165, 1.54) is 25.3 Å². The van der Waals surface area contributed by atoms with Crippen LogP contribution in [0.5, 0.6) is 11.5 Å². The maximum absolute atomic E-state index is 11.6. The van der Waals surface area contributed by atoms with Crippen molar-refractivity contribution in [2.75, 3.05) is 0 Å². The maximum atomic E-state index is 11.6. The van der Waals surface area contributed by atoms with Gasteiger partial charge in [-0.2, -0.15) is 0 Å². The van der Waals surface area contributed by atoms with E-state index in [0.717, 1.165) is 18.6 Å². The molecule has 0 radical (unpaired) electrons. The minimum absolute atomic E-state index is 0.0198. The summed E-state index contributed by atoms with van der Waals surface area (Å²) in [6, 6.07) is 10.4. The van der Waals surface area contributed by atoms with Gasteiger partial charge in [0.25, 0.3) is 5.69 Å². The summed E-state index contributed by atoms with van der Waals surface area (Å²) in [5.41, 5.74) is 1.55. The highest BCUT2D eigenvalue weighted by molar-refractivity contribution is 5.77. The highest BCUT2D eigenvalue weighted by Gasteiger charge is 2.24. The van der Waals surface area contributed by atoms with Gasteiger partial charge in [0.15, 0.2) is 11.5 Å². The molecular weight excluding hydrogens is 384 g/mol. The Morgan fingerprint density at radius 1 is 1.13 bits per heavy atom. The lowest BCUT2D eigenvalue weighted by Gasteiger charge is -2.17. The molecule has 7 nitrogen and oxygen atoms in total. The van der Waals surface area contributed by atoms with Crippen molar-refractivity contribution in [2.45, 2.75) is 64.6 Å². The summed E-state index contributed by atoms with van der Waals surface area (Å²) in [6.07, 6.45) is 5.79. The summed E-state index contributed by atoms with van der Waals surface area (Å²) < 4.78 is 17.3. The molecule has 0 spiro atoms. The third-order valence-electron chi connectivity index (χ3n) is 5.35. The lowest BCUT2D eigenvalue weighted by molar-refractivity contribution is -0.385. The summed E-state index contributed by atoms with van der Waals surface area (Å²) in [5, 5.41) is 11.6. The first-order valence-corrected chi connectivity index (χ1v) is 10.5. The number of nitro groups is 1. The number of oxazole rings is 1. The van der Waals surface area contributed by atoms with Gasteiger partial charge in [-0.1, -0.05) is 19.3 Å². The molecule has 0 amide bonds. The van der Waals surface area contributed by atoms with Gasteiger partial charge in [-0.3, -0.25) is 10.1 Å². The highest BCUT2D eigenvalue weighted by atomic mass is 16.6. The van der Waals surface area contributed by atoms with Gasteiger partial charge >= 0.3 is 0 Å². The fourth-order valence-electron chi connectivity index (χ4n) is 3.88. The Bertz CT molecular complexity index is 1020. The Balaban J connectivity index is 1.54. The number of hydrogen-bond acceptors (Lipinski definition) is 6. The molecule has 1 aliphatic carbocycles. The maximum Gasteiger partial charge on any atom is 0.279 e. The minimum atomic E-state index is -0.402. The molecule has 158 valence electrons. The number of nitrogens with zero attached hydrogens (tertiary/aromatic N) is 2. The Morgan fingerprint density at radius 2 is 1.83 bits per heavy atom. The lowest BCUT2D eigenvalue weighted by atomic mass is 9.89. The molecule has 4 rings (SSSR count). The van der Waals surface area contributed by atoms with Crippen molar-refractivity contribution in [3.63, 3.8) is 0 Å². The van der Waals surface area contributed by atoms with Crippen LogP contribution in [-0.4, -0.2) is 16.0 Å². The lowest BCUT2D eigenvalue weighted by Crippen LogP contribution is -2.05. The van der Waals surface area contributed by atoms with Gasteiger partial charge in [-0.05, 0) is 57.0 Å². The molecule has 1 fully saturated rings. The van der Waals surface area contributed by atoms with E-state index in [4.69, 9.17) is 13.9 Å². The van der Waals surface area contributed by atoms with Crippen LogP contribution in [0.15, 0.2) is 40.8 Å². The molecule has 0 atom stereocenters. The number of hydrogen-bond donors (Lipinski definition) is 0. The van der Waals surface area contributed by atoms with Crippen molar-refractivity contribution in [2.24, 2.45) is 0 Å². The van der Waals surface area contributed by atoms with Crippen molar-refractivity contribution >= 4 is 16.8 Å². The largest absolute Gasteiger partial charge is 0.491 e. The first-order valence-electron chi connectivity index (χ1n) is 10.5. The molecule has 0 saturated heterocycles. The predicted molar refractivity (Wildman–Crippen MR) is 113 cm³/mol. The van der Waals surface area contributed by atoms with E-state index < -0.39 is 4.92 Å². The molecule has 30 heavy (non-hydrogen) atoms. The van der Waals surface area contributed by atoms with Crippen LogP contribution in [0, 0.1) is 10.1 Å². The molecule has 1 aromatic heterocycles. The van der Waals surface area contributed by atoms with Crippen LogP contribution in [0.1, 0.15) is 63.3 Å². The minimum Gasteiger partial charge on any atom is -0.491 e. The molecule has 0 bridgehead atoms. The van der Waals surface area contributed by atoms with Crippen molar-refractivity contribution in [1.29, 1.82) is 0 Å². The van der Waals surface area contributed by atoms with Gasteiger partial charge in [0.05, 0.1) is 22.7 Å². The molecule has 1 aliphatic rings. The van der Waals surface area contributed by atoms with E-state index in [-0.39, 0.29) is 18.4 Å². The van der Waals surface area contributed by atoms with Gasteiger partial charge in [-0.25, -0.2) is 4.98 Å². The van der Waals surface area contributed by atoms with E-state index in [2.05, 4.69) is 4.98 Å². The highest BCUT2D eigenvalue weighted by Crippen LogP contribution is 2.35. The van der Waals surface area contributed by atoms with E-state index >= 15 is 0 Å². The van der Waals surface area contributed by atoms with Gasteiger partial charge in [0.1, 0.15) is 23.6 Å². The summed E-state index contributed by atoms with van der Waals surface area (Å²) >= 11 is 0. The molecule has 0 aliphatic heterocycles. The molecule has 3 aromatic rings. The van der Waals surface area contributed by atoms with Gasteiger partial charge in [0, 0.05) is 5.92 Å². The zero-order valence-electron chi connectivity index (χ0n) is 17.3. The van der Waals surface area contributed by atoms with Crippen LogP contribution in [0.4, 0.5) is 5.69 Å². The average molecular weight is 410 g/mol. The van der Waals surface area contributed by atoms with Crippen LogP contribution in [0.2, 0.25) is 0 Å². The summed E-state index contributed by atoms with van der Waals surface area (Å²) in [7, 11) is 0. The smallest absolute Gasteiger partial charge is 0.279 e. The van der Waals surface area contributed by atoms with Crippen molar-refractivity contribution in [1.82, 2.24) is 4.98 Å². The first-order chi connectivity index (χ1) is 14.5. The van der Waals surface area contributed by atoms with Crippen molar-refractivity contribution < 1.29 is 18.8 Å². The third-order valence-corrected chi connectivity index (χ3v) is 5.35. The Labute approximate surface area is 175 Å². The molecular formula is C23H26N2O5. The number of rotatable bonds is 7. The molecule has 7 heteroatoms. The SMILES string of the molecule is CC(C)Oc1ccc(OCc2cc3nc(C4CCCCC4)oc3cc2[N+](=O)[O-])cc1. The fourth-order valence-corrected chi connectivity index (χ4v) is 3.88. The number of nitro benzene ring substituents is 1. The van der Waals surface area contributed by atoms with Crippen LogP contribution >= 0.6 is 0 Å². The Morgan fingerprint density at radius 3 is 2.50 bits per heavy atom. The summed E-state index contributed by atoms with van der Waals surface area (Å²) in [4.78, 5) is 15.8. The monoisotopic (exact) mass is 410 g/mol. The van der Waals surface area contributed by atoms with Crippen molar-refractivity contribution in [3.8, 4) is 11.5 Å². The van der Waals surface area contributed by atoms with Crippen LogP contribution < -0.4 is 9.47 Å². The summed E-state index contributed by atoms with van der Waals surface area (Å²) in [5.74, 6) is 2.36. The summed E-state index contributed by atoms with van der Waals surface area (Å²) in [6.45, 7) is 3.99. The average Bonchev–Trinajstić information content (AvgIpc) is 3.16. The Hall–Kier alpha value is -3.09. The predicted octanol–water partition coefficient (Wildman–Crippen LogP) is 6.15. The van der Waals surface area contributed by atoms with Gasteiger partial charge < -0.3 is 13.9 Å². The van der Waals surface area contributed by atoms with Crippen molar-refractivity contribution in [3.05, 3.63) is 58.0 Å². The van der Waals surface area contributed by atoms with E-state index in [1.807, 2.05) is 26.0 Å². The first kappa shape index (κ1) is 20.2. The third kappa shape index (κ3) is 4.56. The normalized spacial score (nSPS) is 14.9. The second kappa shape index (κ2) is 8.73. The second-order valence-electron chi connectivity index (χ2n) is 8.02.